The van der Waals surface area contributed by atoms with E-state index in [2.05, 4.69) is 37.9 Å². The van der Waals surface area contributed by atoms with Crippen LogP contribution in [0.15, 0.2) is 53.9 Å². The van der Waals surface area contributed by atoms with Crippen molar-refractivity contribution in [3.05, 3.63) is 69.2 Å². The summed E-state index contributed by atoms with van der Waals surface area (Å²) in [6, 6.07) is 15.4. The second-order valence-electron chi connectivity index (χ2n) is 7.80. The molecule has 1 atom stereocenters. The maximum Gasteiger partial charge on any atom is 0.266 e. The molecule has 0 unspecified atom stereocenters. The first-order valence-corrected chi connectivity index (χ1v) is 12.3. The Labute approximate surface area is 193 Å². The number of amides is 2. The minimum absolute atomic E-state index is 0.0872. The monoisotopic (exact) mass is 465 g/mol. The topological polar surface area (TPSA) is 90.1 Å². The number of nitrogens with zero attached hydrogens (tertiary/aromatic N) is 2. The lowest BCUT2D eigenvalue weighted by Crippen LogP contribution is -2.36. The van der Waals surface area contributed by atoms with Gasteiger partial charge in [-0.05, 0) is 49.0 Å². The van der Waals surface area contributed by atoms with E-state index in [9.17, 15) is 9.59 Å². The van der Waals surface area contributed by atoms with Gasteiger partial charge in [-0.2, -0.15) is 5.10 Å². The van der Waals surface area contributed by atoms with E-state index < -0.39 is 0 Å². The Morgan fingerprint density at radius 3 is 2.62 bits per heavy atom. The predicted octanol–water partition coefficient (Wildman–Crippen LogP) is 4.51. The number of thiophene rings is 2. The molecule has 1 aromatic carbocycles. The Morgan fingerprint density at radius 1 is 1.06 bits per heavy atom. The standard InChI is InChI=1S/C23H23N5O2S2/c29-21(18-9-6-12-31-18)25-20-16-13-19(32-23(16)27-26-20)22(30)24-17(14-28-10-4-5-11-28)15-7-2-1-3-8-15/h1-3,6-9,12-13,17H,4-5,10-11,14H2,(H,24,30)(H2,25,26,27,29)/t17-/m1/s1. The van der Waals surface area contributed by atoms with Gasteiger partial charge in [0.05, 0.1) is 21.2 Å². The molecule has 4 aromatic rings. The highest BCUT2D eigenvalue weighted by molar-refractivity contribution is 7.20. The minimum Gasteiger partial charge on any atom is -0.343 e. The SMILES string of the molecule is O=C(Nc1[nH]nc2sc(C(=O)N[C@H](CN3CCCC3)c3ccccc3)cc12)c1cccs1. The summed E-state index contributed by atoms with van der Waals surface area (Å²) in [6.45, 7) is 2.93. The Bertz CT molecular complexity index is 1210. The number of H-pyrrole nitrogens is 1. The largest absolute Gasteiger partial charge is 0.343 e. The molecule has 1 saturated heterocycles. The summed E-state index contributed by atoms with van der Waals surface area (Å²) in [5, 5.41) is 15.8. The molecular weight excluding hydrogens is 442 g/mol. The first-order chi connectivity index (χ1) is 15.7. The maximum absolute atomic E-state index is 13.1. The molecule has 0 spiro atoms. The Kier molecular flexibility index (Phi) is 6.02. The summed E-state index contributed by atoms with van der Waals surface area (Å²) in [7, 11) is 0. The fourth-order valence-corrected chi connectivity index (χ4v) is 5.49. The zero-order valence-corrected chi connectivity index (χ0v) is 19.0. The lowest BCUT2D eigenvalue weighted by atomic mass is 10.1. The molecule has 1 aliphatic rings. The smallest absolute Gasteiger partial charge is 0.266 e. The lowest BCUT2D eigenvalue weighted by Gasteiger charge is -2.24. The summed E-state index contributed by atoms with van der Waals surface area (Å²) in [6.07, 6.45) is 2.41. The van der Waals surface area contributed by atoms with Crippen LogP contribution >= 0.6 is 22.7 Å². The molecule has 32 heavy (non-hydrogen) atoms. The molecule has 9 heteroatoms. The summed E-state index contributed by atoms with van der Waals surface area (Å²) in [5.74, 6) is 0.180. The number of aromatic amines is 1. The van der Waals surface area contributed by atoms with E-state index in [0.29, 0.717) is 20.4 Å². The molecule has 7 nitrogen and oxygen atoms in total. The van der Waals surface area contributed by atoms with Crippen LogP contribution in [0.4, 0.5) is 5.82 Å². The van der Waals surface area contributed by atoms with Gasteiger partial charge in [0.25, 0.3) is 11.8 Å². The van der Waals surface area contributed by atoms with Crippen molar-refractivity contribution >= 4 is 50.5 Å². The van der Waals surface area contributed by atoms with Gasteiger partial charge >= 0.3 is 0 Å². The molecule has 0 saturated carbocycles. The van der Waals surface area contributed by atoms with Crippen molar-refractivity contribution in [3.63, 3.8) is 0 Å². The Morgan fingerprint density at radius 2 is 1.88 bits per heavy atom. The zero-order valence-electron chi connectivity index (χ0n) is 17.3. The van der Waals surface area contributed by atoms with Gasteiger partial charge in [0.2, 0.25) is 0 Å². The number of aromatic nitrogens is 2. The van der Waals surface area contributed by atoms with Crippen LogP contribution < -0.4 is 10.6 Å². The van der Waals surface area contributed by atoms with Gasteiger partial charge in [-0.1, -0.05) is 36.4 Å². The van der Waals surface area contributed by atoms with Gasteiger partial charge in [0, 0.05) is 6.54 Å². The number of nitrogens with one attached hydrogen (secondary N) is 3. The number of carbonyl (C=O) groups excluding carboxylic acids is 2. The average molecular weight is 466 g/mol. The van der Waals surface area contributed by atoms with Crippen LogP contribution in [0.25, 0.3) is 10.2 Å². The van der Waals surface area contributed by atoms with Crippen LogP contribution in [0.1, 0.15) is 43.8 Å². The lowest BCUT2D eigenvalue weighted by molar-refractivity contribution is 0.0930. The molecule has 2 amide bonds. The number of anilines is 1. The van der Waals surface area contributed by atoms with Crippen LogP contribution in [-0.2, 0) is 0 Å². The third-order valence-electron chi connectivity index (χ3n) is 5.61. The van der Waals surface area contributed by atoms with Crippen LogP contribution in [0.3, 0.4) is 0 Å². The number of carbonyl (C=O) groups is 2. The first-order valence-electron chi connectivity index (χ1n) is 10.6. The fraction of sp³-hybridized carbons (Fsp3) is 0.261. The van der Waals surface area contributed by atoms with Crippen LogP contribution in [0.5, 0.6) is 0 Å². The molecule has 0 bridgehead atoms. The van der Waals surface area contributed by atoms with E-state index in [0.717, 1.165) is 30.6 Å². The summed E-state index contributed by atoms with van der Waals surface area (Å²) in [5.41, 5.74) is 1.10. The van der Waals surface area contributed by atoms with E-state index in [1.54, 1.807) is 12.1 Å². The Hall–Kier alpha value is -3.01. The number of rotatable bonds is 7. The molecule has 5 rings (SSSR count). The van der Waals surface area contributed by atoms with Gasteiger partial charge in [-0.25, -0.2) is 0 Å². The maximum atomic E-state index is 13.1. The first kappa shape index (κ1) is 20.9. The quantitative estimate of drug-likeness (QED) is 0.375. The highest BCUT2D eigenvalue weighted by atomic mass is 32.1. The van der Waals surface area contributed by atoms with E-state index in [1.165, 1.54) is 35.5 Å². The number of likely N-dealkylation sites (tertiary alicyclic amines) is 1. The van der Waals surface area contributed by atoms with E-state index in [1.807, 2.05) is 29.6 Å². The molecular formula is C23H23N5O2S2. The number of hydrogen-bond acceptors (Lipinski definition) is 6. The molecule has 4 heterocycles. The third-order valence-corrected chi connectivity index (χ3v) is 7.50. The average Bonchev–Trinajstić information content (AvgIpc) is 3.59. The number of hydrogen-bond donors (Lipinski definition) is 3. The summed E-state index contributed by atoms with van der Waals surface area (Å²) in [4.78, 5) is 29.8. The predicted molar refractivity (Wildman–Crippen MR) is 129 cm³/mol. The highest BCUT2D eigenvalue weighted by Crippen LogP contribution is 2.30. The fourth-order valence-electron chi connectivity index (χ4n) is 3.97. The van der Waals surface area contributed by atoms with Crippen LogP contribution in [-0.4, -0.2) is 46.5 Å². The van der Waals surface area contributed by atoms with Gasteiger partial charge in [-0.3, -0.25) is 14.7 Å². The second kappa shape index (κ2) is 9.23. The van der Waals surface area contributed by atoms with Crippen LogP contribution in [0, 0.1) is 0 Å². The number of fused-ring (bicyclic) bond motifs is 1. The molecule has 3 aromatic heterocycles. The number of benzene rings is 1. The second-order valence-corrected chi connectivity index (χ2v) is 9.78. The zero-order chi connectivity index (χ0) is 21.9. The van der Waals surface area contributed by atoms with Crippen molar-refractivity contribution in [1.82, 2.24) is 20.4 Å². The van der Waals surface area contributed by atoms with Crippen molar-refractivity contribution in [2.45, 2.75) is 18.9 Å². The van der Waals surface area contributed by atoms with Crippen molar-refractivity contribution in [2.24, 2.45) is 0 Å². The van der Waals surface area contributed by atoms with E-state index in [-0.39, 0.29) is 17.9 Å². The van der Waals surface area contributed by atoms with Crippen molar-refractivity contribution in [3.8, 4) is 0 Å². The van der Waals surface area contributed by atoms with Gasteiger partial charge in [-0.15, -0.1) is 22.7 Å². The van der Waals surface area contributed by atoms with Gasteiger partial charge in [0.15, 0.2) is 0 Å². The van der Waals surface area contributed by atoms with Crippen molar-refractivity contribution in [2.75, 3.05) is 25.0 Å². The van der Waals surface area contributed by atoms with Crippen molar-refractivity contribution in [1.29, 1.82) is 0 Å². The van der Waals surface area contributed by atoms with E-state index in [4.69, 9.17) is 0 Å². The molecule has 0 aliphatic carbocycles. The highest BCUT2D eigenvalue weighted by Gasteiger charge is 2.23. The normalized spacial score (nSPS) is 15.1. The molecule has 3 N–H and O–H groups in total. The molecule has 1 aliphatic heterocycles. The van der Waals surface area contributed by atoms with Gasteiger partial charge in [0.1, 0.15) is 10.6 Å². The molecule has 1 fully saturated rings. The summed E-state index contributed by atoms with van der Waals surface area (Å²) >= 11 is 2.69. The third kappa shape index (κ3) is 4.45. The Balaban J connectivity index is 1.34. The minimum atomic E-state index is -0.197. The summed E-state index contributed by atoms with van der Waals surface area (Å²) < 4.78 is 0. The molecule has 0 radical (unpaired) electrons. The van der Waals surface area contributed by atoms with Crippen molar-refractivity contribution < 1.29 is 9.59 Å². The van der Waals surface area contributed by atoms with E-state index >= 15 is 0 Å². The van der Waals surface area contributed by atoms with Gasteiger partial charge < -0.3 is 15.5 Å². The molecule has 164 valence electrons. The van der Waals surface area contributed by atoms with Crippen LogP contribution in [0.2, 0.25) is 0 Å².